The average Bonchev–Trinajstić information content (AvgIpc) is 2.83. The minimum absolute atomic E-state index is 0.367. The van der Waals surface area contributed by atoms with Crippen LogP contribution in [-0.4, -0.2) is 39.5 Å². The van der Waals surface area contributed by atoms with Crippen molar-refractivity contribution in [1.82, 2.24) is 20.2 Å². The molecule has 2 saturated heterocycles. The summed E-state index contributed by atoms with van der Waals surface area (Å²) in [5.74, 6) is 0. The smallest absolute Gasteiger partial charge is 0.0755 e. The van der Waals surface area contributed by atoms with E-state index >= 15 is 0 Å². The molecule has 0 saturated carbocycles. The van der Waals surface area contributed by atoms with Crippen LogP contribution in [0.5, 0.6) is 0 Å². The predicted molar refractivity (Wildman–Crippen MR) is 80.4 cm³/mol. The van der Waals surface area contributed by atoms with Crippen molar-refractivity contribution in [3.05, 3.63) is 24.3 Å². The molecular weight excluding hydrogens is 248 g/mol. The highest BCUT2D eigenvalue weighted by molar-refractivity contribution is 5.04. The molecule has 2 fully saturated rings. The molecular formula is C16H26N4. The monoisotopic (exact) mass is 274 g/mol. The number of nitrogens with one attached hydrogen (secondary N) is 1. The molecule has 20 heavy (non-hydrogen) atoms. The molecule has 3 heterocycles. The van der Waals surface area contributed by atoms with Gasteiger partial charge in [-0.15, -0.1) is 0 Å². The van der Waals surface area contributed by atoms with E-state index in [2.05, 4.69) is 34.0 Å². The van der Waals surface area contributed by atoms with Gasteiger partial charge in [0.25, 0.3) is 0 Å². The number of fused-ring (bicyclic) bond motifs is 2. The van der Waals surface area contributed by atoms with E-state index in [0.717, 1.165) is 24.3 Å². The van der Waals surface area contributed by atoms with Gasteiger partial charge in [-0.25, -0.2) is 0 Å². The van der Waals surface area contributed by atoms with E-state index in [-0.39, 0.29) is 0 Å². The Kier molecular flexibility index (Phi) is 4.32. The number of hydrogen-bond acceptors (Lipinski definition) is 4. The number of hydrogen-bond donors (Lipinski definition) is 1. The van der Waals surface area contributed by atoms with E-state index in [9.17, 15) is 0 Å². The second-order valence-electron chi connectivity index (χ2n) is 6.31. The highest BCUT2D eigenvalue weighted by atomic mass is 15.2. The van der Waals surface area contributed by atoms with Crippen LogP contribution in [0, 0.1) is 0 Å². The molecule has 110 valence electrons. The van der Waals surface area contributed by atoms with Gasteiger partial charge in [0.05, 0.1) is 11.7 Å². The Bertz CT molecular complexity index is 410. The topological polar surface area (TPSA) is 41.0 Å². The van der Waals surface area contributed by atoms with E-state index in [0.29, 0.717) is 12.1 Å². The first-order valence-electron chi connectivity index (χ1n) is 8.05. The van der Waals surface area contributed by atoms with Gasteiger partial charge in [0.15, 0.2) is 0 Å². The summed E-state index contributed by atoms with van der Waals surface area (Å²) in [5, 5.41) is 3.74. The van der Waals surface area contributed by atoms with Crippen LogP contribution in [0.2, 0.25) is 0 Å². The molecule has 3 unspecified atom stereocenters. The third kappa shape index (κ3) is 2.86. The maximum absolute atomic E-state index is 4.51. The fraction of sp³-hybridized carbons (Fsp3) is 0.750. The molecule has 2 bridgehead atoms. The Hall–Kier alpha value is -1.00. The normalized spacial score (nSPS) is 30.6. The van der Waals surface area contributed by atoms with Crippen LogP contribution in [0.1, 0.15) is 57.7 Å². The molecule has 1 aromatic heterocycles. The van der Waals surface area contributed by atoms with Gasteiger partial charge in [-0.2, -0.15) is 0 Å². The van der Waals surface area contributed by atoms with Crippen LogP contribution < -0.4 is 5.32 Å². The predicted octanol–water partition coefficient (Wildman–Crippen LogP) is 2.53. The first-order valence-corrected chi connectivity index (χ1v) is 8.05. The lowest BCUT2D eigenvalue weighted by molar-refractivity contribution is 0.0990. The van der Waals surface area contributed by atoms with Crippen molar-refractivity contribution in [1.29, 1.82) is 0 Å². The Morgan fingerprint density at radius 2 is 2.05 bits per heavy atom. The van der Waals surface area contributed by atoms with Gasteiger partial charge < -0.3 is 5.32 Å². The molecule has 0 aliphatic carbocycles. The largest absolute Gasteiger partial charge is 0.311 e. The second kappa shape index (κ2) is 6.19. The van der Waals surface area contributed by atoms with Crippen LogP contribution in [0.25, 0.3) is 0 Å². The fourth-order valence-corrected chi connectivity index (χ4v) is 3.94. The highest BCUT2D eigenvalue weighted by Crippen LogP contribution is 2.33. The summed E-state index contributed by atoms with van der Waals surface area (Å²) < 4.78 is 0. The number of aromatic nitrogens is 2. The van der Waals surface area contributed by atoms with Crippen LogP contribution >= 0.6 is 0 Å². The standard InChI is InChI=1S/C16H26N4/c1-3-8-20(12(2)16-11-17-6-7-18-16)15-9-13-4-5-14(10-15)19-13/h6-7,11-15,19H,3-5,8-10H2,1-2H3. The lowest BCUT2D eigenvalue weighted by atomic mass is 9.96. The van der Waals surface area contributed by atoms with Crippen molar-refractivity contribution < 1.29 is 0 Å². The van der Waals surface area contributed by atoms with Gasteiger partial charge in [-0.1, -0.05) is 6.92 Å². The van der Waals surface area contributed by atoms with Crippen molar-refractivity contribution in [3.63, 3.8) is 0 Å². The lowest BCUT2D eigenvalue weighted by Gasteiger charge is -2.40. The summed E-state index contributed by atoms with van der Waals surface area (Å²) in [6.07, 6.45) is 12.0. The van der Waals surface area contributed by atoms with E-state index in [4.69, 9.17) is 0 Å². The minimum Gasteiger partial charge on any atom is -0.311 e. The maximum atomic E-state index is 4.51. The maximum Gasteiger partial charge on any atom is 0.0755 e. The van der Waals surface area contributed by atoms with Crippen LogP contribution in [0.4, 0.5) is 0 Å². The molecule has 0 amide bonds. The van der Waals surface area contributed by atoms with E-state index in [1.54, 1.807) is 6.20 Å². The zero-order valence-corrected chi connectivity index (χ0v) is 12.6. The summed E-state index contributed by atoms with van der Waals surface area (Å²) in [4.78, 5) is 11.4. The SMILES string of the molecule is CCCN(C1CC2CCC(C1)N2)C(C)c1cnccn1. The van der Waals surface area contributed by atoms with Gasteiger partial charge in [0.1, 0.15) is 0 Å². The minimum atomic E-state index is 0.367. The molecule has 3 rings (SSSR count). The van der Waals surface area contributed by atoms with Crippen molar-refractivity contribution in [2.75, 3.05) is 6.54 Å². The third-order valence-corrected chi connectivity index (χ3v) is 4.91. The second-order valence-corrected chi connectivity index (χ2v) is 6.31. The van der Waals surface area contributed by atoms with Gasteiger partial charge in [-0.05, 0) is 45.6 Å². The summed E-state index contributed by atoms with van der Waals surface area (Å²) in [7, 11) is 0. The van der Waals surface area contributed by atoms with Gasteiger partial charge >= 0.3 is 0 Å². The molecule has 1 N–H and O–H groups in total. The first kappa shape index (κ1) is 14.0. The molecule has 0 aromatic carbocycles. The average molecular weight is 274 g/mol. The van der Waals surface area contributed by atoms with E-state index < -0.39 is 0 Å². The lowest BCUT2D eigenvalue weighted by Crippen LogP contribution is -2.49. The molecule has 0 radical (unpaired) electrons. The summed E-state index contributed by atoms with van der Waals surface area (Å²) in [5.41, 5.74) is 1.10. The van der Waals surface area contributed by atoms with Crippen molar-refractivity contribution in [3.8, 4) is 0 Å². The molecule has 3 atom stereocenters. The molecule has 1 aromatic rings. The summed E-state index contributed by atoms with van der Waals surface area (Å²) >= 11 is 0. The summed E-state index contributed by atoms with van der Waals surface area (Å²) in [6, 6.07) is 2.55. The highest BCUT2D eigenvalue weighted by Gasteiger charge is 2.37. The van der Waals surface area contributed by atoms with Crippen LogP contribution in [0.3, 0.4) is 0 Å². The quantitative estimate of drug-likeness (QED) is 0.896. The Morgan fingerprint density at radius 3 is 2.65 bits per heavy atom. The van der Waals surface area contributed by atoms with Crippen LogP contribution in [0.15, 0.2) is 18.6 Å². The molecule has 4 heteroatoms. The summed E-state index contributed by atoms with van der Waals surface area (Å²) in [6.45, 7) is 5.71. The number of nitrogens with zero attached hydrogens (tertiary/aromatic N) is 3. The zero-order chi connectivity index (χ0) is 13.9. The van der Waals surface area contributed by atoms with E-state index in [1.165, 1.54) is 32.1 Å². The number of piperidine rings is 1. The zero-order valence-electron chi connectivity index (χ0n) is 12.6. The van der Waals surface area contributed by atoms with Crippen molar-refractivity contribution in [2.24, 2.45) is 0 Å². The fourth-order valence-electron chi connectivity index (χ4n) is 3.94. The van der Waals surface area contributed by atoms with Crippen molar-refractivity contribution >= 4 is 0 Å². The van der Waals surface area contributed by atoms with Gasteiger partial charge in [0.2, 0.25) is 0 Å². The van der Waals surface area contributed by atoms with E-state index in [1.807, 2.05) is 12.4 Å². The molecule has 2 aliphatic rings. The molecule has 0 spiro atoms. The molecule has 2 aliphatic heterocycles. The van der Waals surface area contributed by atoms with Crippen LogP contribution in [-0.2, 0) is 0 Å². The Labute approximate surface area is 122 Å². The van der Waals surface area contributed by atoms with Gasteiger partial charge in [-0.3, -0.25) is 14.9 Å². The van der Waals surface area contributed by atoms with Gasteiger partial charge in [0, 0.05) is 36.7 Å². The molecule has 4 nitrogen and oxygen atoms in total. The Balaban J connectivity index is 1.75. The Morgan fingerprint density at radius 1 is 1.30 bits per heavy atom. The third-order valence-electron chi connectivity index (χ3n) is 4.91. The number of rotatable bonds is 5. The van der Waals surface area contributed by atoms with Crippen molar-refractivity contribution in [2.45, 2.75) is 70.1 Å². The first-order chi connectivity index (χ1) is 9.78.